The summed E-state index contributed by atoms with van der Waals surface area (Å²) in [7, 11) is 0. The van der Waals surface area contributed by atoms with Crippen molar-refractivity contribution >= 4 is 0 Å². The summed E-state index contributed by atoms with van der Waals surface area (Å²) < 4.78 is 0. The molecule has 1 aliphatic heterocycles. The molecule has 1 heterocycles. The summed E-state index contributed by atoms with van der Waals surface area (Å²) in [6, 6.07) is 0. The minimum atomic E-state index is 0.206. The van der Waals surface area contributed by atoms with Crippen molar-refractivity contribution in [1.29, 1.82) is 0 Å². The Morgan fingerprint density at radius 1 is 0.821 bits per heavy atom. The van der Waals surface area contributed by atoms with Crippen LogP contribution in [0.5, 0.6) is 0 Å². The van der Waals surface area contributed by atoms with Gasteiger partial charge in [0.2, 0.25) is 0 Å². The first-order valence-corrected chi connectivity index (χ1v) is 12.2. The largest absolute Gasteiger partial charge is 0.311 e. The van der Waals surface area contributed by atoms with Crippen LogP contribution in [0.2, 0.25) is 0 Å². The zero-order valence-electron chi connectivity index (χ0n) is 21.8. The molecule has 0 bridgehead atoms. The van der Waals surface area contributed by atoms with E-state index in [0.717, 1.165) is 18.4 Å². The van der Waals surface area contributed by atoms with Gasteiger partial charge in [0.05, 0.1) is 0 Å². The van der Waals surface area contributed by atoms with Crippen LogP contribution in [0.15, 0.2) is 0 Å². The van der Waals surface area contributed by atoms with E-state index in [4.69, 9.17) is 0 Å². The second kappa shape index (κ2) is 8.99. The summed E-state index contributed by atoms with van der Waals surface area (Å²) in [5.41, 5.74) is 1.77. The van der Waals surface area contributed by atoms with Gasteiger partial charge in [-0.25, -0.2) is 0 Å². The molecule has 28 heavy (non-hydrogen) atoms. The molecule has 0 radical (unpaired) electrons. The van der Waals surface area contributed by atoms with Gasteiger partial charge in [0.1, 0.15) is 0 Å². The molecule has 1 nitrogen and oxygen atoms in total. The van der Waals surface area contributed by atoms with Gasteiger partial charge in [0.25, 0.3) is 0 Å². The van der Waals surface area contributed by atoms with Crippen LogP contribution >= 0.6 is 0 Å². The van der Waals surface area contributed by atoms with E-state index in [1.54, 1.807) is 0 Å². The third-order valence-corrected chi connectivity index (χ3v) is 8.18. The highest BCUT2D eigenvalue weighted by molar-refractivity contribution is 5.01. The normalized spacial score (nSPS) is 31.7. The van der Waals surface area contributed by atoms with Crippen LogP contribution in [0.1, 0.15) is 128 Å². The zero-order valence-corrected chi connectivity index (χ0v) is 21.8. The molecule has 0 amide bonds. The summed E-state index contributed by atoms with van der Waals surface area (Å²) in [5.74, 6) is 1.47. The SMILES string of the molecule is CCCC(C)(C)CC1(CC(C)(C)CC)C(C)CC(C)(C)CNC(C)(C)CC1C. The van der Waals surface area contributed by atoms with Gasteiger partial charge in [-0.05, 0) is 79.4 Å². The van der Waals surface area contributed by atoms with Crippen LogP contribution in [0.4, 0.5) is 0 Å². The minimum absolute atomic E-state index is 0.206. The van der Waals surface area contributed by atoms with Crippen LogP contribution in [0, 0.1) is 33.5 Å². The van der Waals surface area contributed by atoms with Gasteiger partial charge in [-0.2, -0.15) is 0 Å². The molecule has 0 aliphatic carbocycles. The molecule has 0 aromatic heterocycles. The highest BCUT2D eigenvalue weighted by Crippen LogP contribution is 2.57. The molecule has 1 saturated heterocycles. The highest BCUT2D eigenvalue weighted by Gasteiger charge is 2.49. The molecule has 3 atom stereocenters. The van der Waals surface area contributed by atoms with Crippen LogP contribution in [-0.2, 0) is 0 Å². The molecule has 3 unspecified atom stereocenters. The first kappa shape index (κ1) is 26.0. The second-order valence-electron chi connectivity index (χ2n) is 13.6. The van der Waals surface area contributed by atoms with Crippen LogP contribution in [-0.4, -0.2) is 12.1 Å². The lowest BCUT2D eigenvalue weighted by atomic mass is 9.52. The van der Waals surface area contributed by atoms with E-state index in [-0.39, 0.29) is 5.54 Å². The van der Waals surface area contributed by atoms with Gasteiger partial charge in [-0.1, -0.05) is 82.1 Å². The van der Waals surface area contributed by atoms with E-state index in [9.17, 15) is 0 Å². The number of rotatable bonds is 7. The second-order valence-corrected chi connectivity index (χ2v) is 13.6. The van der Waals surface area contributed by atoms with Gasteiger partial charge >= 0.3 is 0 Å². The maximum absolute atomic E-state index is 3.94. The highest BCUT2D eigenvalue weighted by atomic mass is 15.0. The molecule has 0 aromatic rings. The summed E-state index contributed by atoms with van der Waals surface area (Å²) >= 11 is 0. The maximum atomic E-state index is 3.94. The Hall–Kier alpha value is -0.0400. The third kappa shape index (κ3) is 7.03. The van der Waals surface area contributed by atoms with Crippen LogP contribution in [0.25, 0.3) is 0 Å². The average molecular weight is 394 g/mol. The smallest absolute Gasteiger partial charge is 0.0128 e. The van der Waals surface area contributed by atoms with Crippen molar-refractivity contribution in [2.24, 2.45) is 33.5 Å². The first-order valence-electron chi connectivity index (χ1n) is 12.2. The Morgan fingerprint density at radius 2 is 1.32 bits per heavy atom. The van der Waals surface area contributed by atoms with Crippen molar-refractivity contribution in [3.8, 4) is 0 Å². The molecule has 1 aliphatic rings. The standard InChI is InChI=1S/C27H55N/c1-13-15-24(7,8)19-27(18-23(5,6)14-2)21(3)16-25(9,10)20-28-26(11,12)17-22(27)4/h21-22,28H,13-20H2,1-12H3. The van der Waals surface area contributed by atoms with E-state index < -0.39 is 0 Å². The van der Waals surface area contributed by atoms with Gasteiger partial charge in [-0.15, -0.1) is 0 Å². The van der Waals surface area contributed by atoms with Crippen molar-refractivity contribution in [2.45, 2.75) is 134 Å². The van der Waals surface area contributed by atoms with Crippen LogP contribution in [0.3, 0.4) is 0 Å². The predicted octanol–water partition coefficient (Wildman–Crippen LogP) is 8.48. The number of hydrogen-bond donors (Lipinski definition) is 1. The number of hydrogen-bond acceptors (Lipinski definition) is 1. The molecule has 1 fully saturated rings. The third-order valence-electron chi connectivity index (χ3n) is 8.18. The van der Waals surface area contributed by atoms with Crippen LogP contribution < -0.4 is 5.32 Å². The average Bonchev–Trinajstić information content (AvgIpc) is 2.52. The monoisotopic (exact) mass is 393 g/mol. The molecule has 1 heteroatoms. The Morgan fingerprint density at radius 3 is 1.82 bits per heavy atom. The van der Waals surface area contributed by atoms with E-state index in [2.05, 4.69) is 88.4 Å². The molecular formula is C27H55N. The fourth-order valence-electron chi connectivity index (χ4n) is 6.54. The summed E-state index contributed by atoms with van der Waals surface area (Å²) in [6.07, 6.45) is 9.22. The Balaban J connectivity index is 3.53. The van der Waals surface area contributed by atoms with Crippen molar-refractivity contribution in [2.75, 3.05) is 6.54 Å². The lowest BCUT2D eigenvalue weighted by Crippen LogP contribution is -2.47. The van der Waals surface area contributed by atoms with Gasteiger partial charge in [0, 0.05) is 12.1 Å². The Bertz CT molecular complexity index is 458. The van der Waals surface area contributed by atoms with E-state index >= 15 is 0 Å². The fraction of sp³-hybridized carbons (Fsp3) is 1.00. The van der Waals surface area contributed by atoms with Crippen molar-refractivity contribution in [3.05, 3.63) is 0 Å². The molecule has 0 aromatic carbocycles. The molecule has 168 valence electrons. The fourth-order valence-corrected chi connectivity index (χ4v) is 6.54. The van der Waals surface area contributed by atoms with Crippen molar-refractivity contribution in [1.82, 2.24) is 5.32 Å². The minimum Gasteiger partial charge on any atom is -0.311 e. The lowest BCUT2D eigenvalue weighted by Gasteiger charge is -2.53. The Labute approximate surface area is 179 Å². The molecule has 0 spiro atoms. The summed E-state index contributed by atoms with van der Waals surface area (Å²) in [4.78, 5) is 0. The lowest BCUT2D eigenvalue weighted by molar-refractivity contribution is -0.0332. The number of nitrogens with one attached hydrogen (secondary N) is 1. The Kier molecular flexibility index (Phi) is 8.34. The van der Waals surface area contributed by atoms with Crippen molar-refractivity contribution in [3.63, 3.8) is 0 Å². The summed E-state index contributed by atoms with van der Waals surface area (Å²) in [6.45, 7) is 31.0. The van der Waals surface area contributed by atoms with E-state index in [0.29, 0.717) is 21.7 Å². The van der Waals surface area contributed by atoms with Gasteiger partial charge < -0.3 is 5.32 Å². The van der Waals surface area contributed by atoms with Crippen molar-refractivity contribution < 1.29 is 0 Å². The topological polar surface area (TPSA) is 12.0 Å². The quantitative estimate of drug-likeness (QED) is 0.457. The molecular weight excluding hydrogens is 338 g/mol. The van der Waals surface area contributed by atoms with Gasteiger partial charge in [0.15, 0.2) is 0 Å². The summed E-state index contributed by atoms with van der Waals surface area (Å²) in [5, 5.41) is 3.94. The maximum Gasteiger partial charge on any atom is 0.0128 e. The van der Waals surface area contributed by atoms with Gasteiger partial charge in [-0.3, -0.25) is 0 Å². The first-order chi connectivity index (χ1) is 12.5. The van der Waals surface area contributed by atoms with E-state index in [1.165, 1.54) is 44.9 Å². The predicted molar refractivity (Wildman–Crippen MR) is 128 cm³/mol. The molecule has 0 saturated carbocycles. The van der Waals surface area contributed by atoms with E-state index in [1.807, 2.05) is 0 Å². The zero-order chi connectivity index (χ0) is 22.0. The molecule has 1 N–H and O–H groups in total. The molecule has 1 rings (SSSR count).